The van der Waals surface area contributed by atoms with Crippen LogP contribution in [0.4, 0.5) is 11.6 Å². The van der Waals surface area contributed by atoms with Gasteiger partial charge in [0, 0.05) is 27.7 Å². The molecule has 1 amide bonds. The van der Waals surface area contributed by atoms with Crippen molar-refractivity contribution in [1.82, 2.24) is 14.8 Å². The van der Waals surface area contributed by atoms with Gasteiger partial charge in [-0.15, -0.1) is 5.10 Å². The van der Waals surface area contributed by atoms with Crippen molar-refractivity contribution < 1.29 is 14.3 Å². The maximum absolute atomic E-state index is 14.1. The lowest BCUT2D eigenvalue weighted by Crippen LogP contribution is -2.31. The SMILES string of the molecule is CCCSc1nc2n(n1)C(c1cc(Br)c(OCc3ccccc3Cl)c(OCC)c1)C(C(=O)Nc1cccc(C)c1C)=C(C)N2. The second-order valence-corrected chi connectivity index (χ2v) is 12.7. The maximum Gasteiger partial charge on any atom is 0.255 e. The number of fused-ring (bicyclic) bond motifs is 1. The van der Waals surface area contributed by atoms with Crippen molar-refractivity contribution in [3.63, 3.8) is 0 Å². The van der Waals surface area contributed by atoms with Crippen molar-refractivity contribution in [3.05, 3.63) is 97.6 Å². The van der Waals surface area contributed by atoms with Gasteiger partial charge in [-0.3, -0.25) is 4.79 Å². The first-order chi connectivity index (χ1) is 21.2. The molecule has 11 heteroatoms. The number of aryl methyl sites for hydroxylation is 1. The van der Waals surface area contributed by atoms with Crippen LogP contribution >= 0.6 is 39.3 Å². The van der Waals surface area contributed by atoms with E-state index in [2.05, 4.69) is 33.5 Å². The third-order valence-electron chi connectivity index (χ3n) is 7.34. The molecule has 0 bridgehead atoms. The highest BCUT2D eigenvalue weighted by Crippen LogP contribution is 2.44. The number of benzene rings is 3. The Bertz CT molecular complexity index is 1720. The number of hydrogen-bond acceptors (Lipinski definition) is 7. The van der Waals surface area contributed by atoms with Crippen molar-refractivity contribution in [2.75, 3.05) is 23.0 Å². The number of carbonyl (C=O) groups is 1. The second kappa shape index (κ2) is 14.1. The van der Waals surface area contributed by atoms with E-state index < -0.39 is 6.04 Å². The summed E-state index contributed by atoms with van der Waals surface area (Å²) in [5.74, 6) is 2.31. The summed E-state index contributed by atoms with van der Waals surface area (Å²) in [6, 6.07) is 16.7. The van der Waals surface area contributed by atoms with Crippen LogP contribution in [0.1, 0.15) is 55.5 Å². The minimum atomic E-state index is -0.590. The zero-order chi connectivity index (χ0) is 31.4. The molecule has 0 fully saturated rings. The molecule has 0 aliphatic carbocycles. The fraction of sp³-hybridized carbons (Fsp3) is 0.303. The summed E-state index contributed by atoms with van der Waals surface area (Å²) in [4.78, 5) is 18.9. The van der Waals surface area contributed by atoms with Gasteiger partial charge in [0.15, 0.2) is 11.5 Å². The van der Waals surface area contributed by atoms with Gasteiger partial charge in [-0.2, -0.15) is 4.98 Å². The molecule has 3 aromatic carbocycles. The topological polar surface area (TPSA) is 90.3 Å². The smallest absolute Gasteiger partial charge is 0.255 e. The number of ether oxygens (including phenoxy) is 2. The lowest BCUT2D eigenvalue weighted by Gasteiger charge is -2.29. The highest BCUT2D eigenvalue weighted by atomic mass is 79.9. The molecule has 1 aliphatic rings. The Morgan fingerprint density at radius 2 is 1.91 bits per heavy atom. The molecule has 5 rings (SSSR count). The lowest BCUT2D eigenvalue weighted by molar-refractivity contribution is -0.113. The molecule has 1 aromatic heterocycles. The van der Waals surface area contributed by atoms with Gasteiger partial charge in [-0.05, 0) is 91.0 Å². The van der Waals surface area contributed by atoms with Gasteiger partial charge in [0.2, 0.25) is 11.1 Å². The summed E-state index contributed by atoms with van der Waals surface area (Å²) in [5, 5.41) is 12.6. The molecule has 2 heterocycles. The van der Waals surface area contributed by atoms with Gasteiger partial charge in [-0.1, -0.05) is 60.6 Å². The number of nitrogens with zero attached hydrogens (tertiary/aromatic N) is 3. The molecular formula is C33H35BrClN5O3S. The Hall–Kier alpha value is -3.47. The number of nitrogens with one attached hydrogen (secondary N) is 2. The van der Waals surface area contributed by atoms with E-state index in [0.717, 1.165) is 40.1 Å². The summed E-state index contributed by atoms with van der Waals surface area (Å²) in [7, 11) is 0. The number of halogens is 2. The molecule has 0 saturated heterocycles. The number of carbonyl (C=O) groups excluding carboxylic acids is 1. The van der Waals surface area contributed by atoms with Crippen LogP contribution in [0.25, 0.3) is 0 Å². The van der Waals surface area contributed by atoms with Crippen molar-refractivity contribution >= 4 is 56.8 Å². The second-order valence-electron chi connectivity index (χ2n) is 10.4. The minimum Gasteiger partial charge on any atom is -0.490 e. The Morgan fingerprint density at radius 1 is 1.11 bits per heavy atom. The van der Waals surface area contributed by atoms with Crippen molar-refractivity contribution in [2.45, 2.75) is 58.8 Å². The predicted molar refractivity (Wildman–Crippen MR) is 181 cm³/mol. The van der Waals surface area contributed by atoms with E-state index >= 15 is 0 Å². The van der Waals surface area contributed by atoms with E-state index in [9.17, 15) is 4.79 Å². The fourth-order valence-electron chi connectivity index (χ4n) is 4.98. The molecule has 1 aliphatic heterocycles. The molecule has 44 heavy (non-hydrogen) atoms. The van der Waals surface area contributed by atoms with Gasteiger partial charge in [-0.25, -0.2) is 4.68 Å². The van der Waals surface area contributed by atoms with Crippen LogP contribution in [0.2, 0.25) is 5.02 Å². The lowest BCUT2D eigenvalue weighted by atomic mass is 9.94. The molecule has 8 nitrogen and oxygen atoms in total. The first kappa shape index (κ1) is 31.9. The summed E-state index contributed by atoms with van der Waals surface area (Å²) < 4.78 is 14.8. The Kier molecular flexibility index (Phi) is 10.2. The first-order valence-electron chi connectivity index (χ1n) is 14.5. The molecule has 1 unspecified atom stereocenters. The highest BCUT2D eigenvalue weighted by molar-refractivity contribution is 9.10. The number of hydrogen-bond donors (Lipinski definition) is 2. The van der Waals surface area contributed by atoms with E-state index in [-0.39, 0.29) is 12.5 Å². The van der Waals surface area contributed by atoms with E-state index in [0.29, 0.717) is 50.0 Å². The number of aromatic nitrogens is 3. The van der Waals surface area contributed by atoms with Crippen LogP contribution in [0.5, 0.6) is 11.5 Å². The highest BCUT2D eigenvalue weighted by Gasteiger charge is 2.35. The van der Waals surface area contributed by atoms with Crippen LogP contribution in [0.3, 0.4) is 0 Å². The van der Waals surface area contributed by atoms with E-state index in [1.165, 1.54) is 0 Å². The first-order valence-corrected chi connectivity index (χ1v) is 16.6. The van der Waals surface area contributed by atoms with Gasteiger partial charge in [0.05, 0.1) is 16.7 Å². The third-order valence-corrected chi connectivity index (χ3v) is 9.34. The maximum atomic E-state index is 14.1. The molecule has 0 spiro atoms. The van der Waals surface area contributed by atoms with Crippen LogP contribution in [-0.4, -0.2) is 33.0 Å². The average molecular weight is 697 g/mol. The van der Waals surface area contributed by atoms with E-state index in [1.54, 1.807) is 16.4 Å². The summed E-state index contributed by atoms with van der Waals surface area (Å²) in [6.45, 7) is 10.6. The molecule has 2 N–H and O–H groups in total. The van der Waals surface area contributed by atoms with Crippen molar-refractivity contribution in [2.24, 2.45) is 0 Å². The minimum absolute atomic E-state index is 0.231. The zero-order valence-corrected chi connectivity index (χ0v) is 28.5. The third kappa shape index (κ3) is 6.77. The Morgan fingerprint density at radius 3 is 2.66 bits per heavy atom. The number of allylic oxidation sites excluding steroid dienone is 1. The molecular weight excluding hydrogens is 662 g/mol. The normalized spacial score (nSPS) is 14.2. The Labute approximate surface area is 275 Å². The number of thioether (sulfide) groups is 1. The summed E-state index contributed by atoms with van der Waals surface area (Å²) in [5.41, 5.74) is 5.74. The number of amides is 1. The molecule has 4 aromatic rings. The van der Waals surface area contributed by atoms with Crippen molar-refractivity contribution in [3.8, 4) is 11.5 Å². The van der Waals surface area contributed by atoms with Gasteiger partial charge in [0.1, 0.15) is 12.6 Å². The van der Waals surface area contributed by atoms with Gasteiger partial charge >= 0.3 is 0 Å². The standard InChI is InChI=1S/C33H35BrClN5O3S/c1-6-15-44-33-38-32-36-21(5)28(31(41)37-26-14-10-11-19(3)20(26)4)29(40(32)39-33)23-16-24(34)30(27(17-23)42-7-2)43-18-22-12-8-9-13-25(22)35/h8-14,16-17,29H,6-7,15,18H2,1-5H3,(H,37,41)(H,36,38,39). The van der Waals surface area contributed by atoms with Gasteiger partial charge in [0.25, 0.3) is 5.91 Å². The van der Waals surface area contributed by atoms with Gasteiger partial charge < -0.3 is 20.1 Å². The van der Waals surface area contributed by atoms with Crippen LogP contribution in [0.15, 0.2) is 75.5 Å². The summed E-state index contributed by atoms with van der Waals surface area (Å²) >= 11 is 11.7. The number of anilines is 2. The predicted octanol–water partition coefficient (Wildman–Crippen LogP) is 8.72. The fourth-order valence-corrected chi connectivity index (χ4v) is 6.43. The molecule has 1 atom stereocenters. The van der Waals surface area contributed by atoms with Crippen LogP contribution in [-0.2, 0) is 11.4 Å². The Balaban J connectivity index is 1.58. The number of rotatable bonds is 11. The molecule has 0 radical (unpaired) electrons. The van der Waals surface area contributed by atoms with Crippen LogP contribution < -0.4 is 20.1 Å². The van der Waals surface area contributed by atoms with Crippen molar-refractivity contribution in [1.29, 1.82) is 0 Å². The molecule has 0 saturated carbocycles. The zero-order valence-electron chi connectivity index (χ0n) is 25.3. The average Bonchev–Trinajstić information content (AvgIpc) is 3.40. The quantitative estimate of drug-likeness (QED) is 0.152. The monoisotopic (exact) mass is 695 g/mol. The largest absolute Gasteiger partial charge is 0.490 e. The van der Waals surface area contributed by atoms with E-state index in [4.69, 9.17) is 31.2 Å². The summed E-state index contributed by atoms with van der Waals surface area (Å²) in [6.07, 6.45) is 0.993. The van der Waals surface area contributed by atoms with E-state index in [1.807, 2.05) is 82.3 Å². The molecule has 230 valence electrons. The van der Waals surface area contributed by atoms with Crippen LogP contribution in [0, 0.1) is 13.8 Å².